The van der Waals surface area contributed by atoms with Gasteiger partial charge >= 0.3 is 0 Å². The fourth-order valence-corrected chi connectivity index (χ4v) is 8.57. The van der Waals surface area contributed by atoms with Crippen LogP contribution in [-0.4, -0.2) is 18.0 Å². The van der Waals surface area contributed by atoms with Crippen molar-refractivity contribution in [3.8, 4) is 33.6 Å². The van der Waals surface area contributed by atoms with Crippen molar-refractivity contribution >= 4 is 44.8 Å². The fraction of sp³-hybridized carbons (Fsp3) is 0.171. The van der Waals surface area contributed by atoms with E-state index in [9.17, 15) is 0 Å². The van der Waals surface area contributed by atoms with Gasteiger partial charge in [0.1, 0.15) is 0 Å². The van der Waals surface area contributed by atoms with E-state index in [-0.39, 0.29) is 20.1 Å². The van der Waals surface area contributed by atoms with Crippen molar-refractivity contribution in [1.29, 1.82) is 0 Å². The molecule has 0 saturated carbocycles. The Morgan fingerprint density at radius 2 is 1.48 bits per heavy atom. The molecule has 46 heavy (non-hydrogen) atoms. The van der Waals surface area contributed by atoms with Crippen molar-refractivity contribution in [1.82, 2.24) is 9.97 Å². The van der Waals surface area contributed by atoms with Crippen molar-refractivity contribution in [2.45, 2.75) is 46.3 Å². The van der Waals surface area contributed by atoms with E-state index in [0.29, 0.717) is 5.92 Å². The molecule has 7 aromatic rings. The van der Waals surface area contributed by atoms with Crippen molar-refractivity contribution in [2.75, 3.05) is 0 Å². The number of pyridine rings is 2. The summed E-state index contributed by atoms with van der Waals surface area (Å²) in [6.07, 6.45) is 3.93. The molecule has 7 rings (SSSR count). The molecule has 2 nitrogen and oxygen atoms in total. The first-order valence-corrected chi connectivity index (χ1v) is 19.8. The number of benzene rings is 4. The molecule has 0 aliphatic carbocycles. The zero-order valence-electron chi connectivity index (χ0n) is 27.2. The van der Waals surface area contributed by atoms with Crippen molar-refractivity contribution < 1.29 is 20.1 Å². The molecule has 233 valence electrons. The van der Waals surface area contributed by atoms with Gasteiger partial charge in [-0.05, 0) is 62.8 Å². The zero-order chi connectivity index (χ0) is 31.6. The van der Waals surface area contributed by atoms with Gasteiger partial charge in [0, 0.05) is 37.2 Å². The largest absolute Gasteiger partial charge is 0.305 e. The van der Waals surface area contributed by atoms with Crippen molar-refractivity contribution in [2.24, 2.45) is 0 Å². The molecule has 3 heterocycles. The Kier molecular flexibility index (Phi) is 10.5. The molecule has 5 heteroatoms. The van der Waals surface area contributed by atoms with E-state index in [0.717, 1.165) is 22.5 Å². The Balaban J connectivity index is 0.000000187. The van der Waals surface area contributed by atoms with E-state index in [1.807, 2.05) is 60.0 Å². The van der Waals surface area contributed by atoms with Gasteiger partial charge in [-0.3, -0.25) is 0 Å². The average molecular weight is 811 g/mol. The summed E-state index contributed by atoms with van der Waals surface area (Å²) >= 11 is 1.82. The van der Waals surface area contributed by atoms with Gasteiger partial charge in [-0.1, -0.05) is 105 Å². The first kappa shape index (κ1) is 33.6. The van der Waals surface area contributed by atoms with Gasteiger partial charge in [0.05, 0.1) is 8.07 Å². The molecule has 3 aromatic heterocycles. The van der Waals surface area contributed by atoms with Gasteiger partial charge in [-0.2, -0.15) is 11.3 Å². The minimum atomic E-state index is -1.34. The summed E-state index contributed by atoms with van der Waals surface area (Å²) in [4.78, 5) is 9.18. The van der Waals surface area contributed by atoms with Gasteiger partial charge in [-0.15, -0.1) is 59.7 Å². The average Bonchev–Trinajstić information content (AvgIpc) is 3.44. The van der Waals surface area contributed by atoms with Crippen LogP contribution in [0.25, 0.3) is 53.8 Å². The molecule has 1 radical (unpaired) electrons. The van der Waals surface area contributed by atoms with Crippen LogP contribution in [0.2, 0.25) is 19.6 Å². The number of nitrogens with zero attached hydrogens (tertiary/aromatic N) is 2. The first-order valence-electron chi connectivity index (χ1n) is 15.5. The molecule has 0 bridgehead atoms. The maximum absolute atomic E-state index is 4.66. The van der Waals surface area contributed by atoms with Crippen LogP contribution in [0, 0.1) is 19.1 Å². The molecule has 0 unspecified atom stereocenters. The molecule has 0 atom stereocenters. The molecule has 0 amide bonds. The van der Waals surface area contributed by atoms with Crippen LogP contribution in [0.3, 0.4) is 0 Å². The predicted octanol–water partition coefficient (Wildman–Crippen LogP) is 11.1. The van der Waals surface area contributed by atoms with Crippen molar-refractivity contribution in [3.63, 3.8) is 0 Å². The van der Waals surface area contributed by atoms with Crippen LogP contribution >= 0.6 is 11.3 Å². The maximum Gasteiger partial charge on any atom is 0.0799 e. The van der Waals surface area contributed by atoms with E-state index in [1.165, 1.54) is 47.6 Å². The van der Waals surface area contributed by atoms with Crippen molar-refractivity contribution in [3.05, 3.63) is 139 Å². The fourth-order valence-electron chi connectivity index (χ4n) is 5.64. The van der Waals surface area contributed by atoms with Gasteiger partial charge in [0.2, 0.25) is 0 Å². The number of aryl methyl sites for hydroxylation is 1. The monoisotopic (exact) mass is 811 g/mol. The van der Waals surface area contributed by atoms with Crippen LogP contribution in [-0.2, 0) is 20.1 Å². The number of hydrogen-bond acceptors (Lipinski definition) is 3. The predicted molar refractivity (Wildman–Crippen MR) is 197 cm³/mol. The van der Waals surface area contributed by atoms with Gasteiger partial charge in [-0.25, -0.2) is 0 Å². The Labute approximate surface area is 292 Å². The number of rotatable bonds is 5. The summed E-state index contributed by atoms with van der Waals surface area (Å²) in [5, 5.41) is 4.05. The summed E-state index contributed by atoms with van der Waals surface area (Å²) in [5.74, 6) is 0.534. The smallest absolute Gasteiger partial charge is 0.0799 e. The number of fused-ring (bicyclic) bond motifs is 3. The molecular weight excluding hydrogens is 773 g/mol. The molecular formula is C41H38IrN2SSi-2. The molecule has 0 aliphatic heterocycles. The standard InChI is InChI=1S/C24H16NS.C17H22NSi.Ir/c1-16-8-10-17(11-9-16)18-12-13-19-20-5-4-6-21(22-7-2-3-14-25-22)24(20)26-23(19)15-18;1-13(2)15-11-16(14-9-7-6-8-10-14)18-12-17(15)19(3,4)5;/h2-5,7-15H,1H3;6-9,11-13H,1-5H3;/q2*-1;. The zero-order valence-corrected chi connectivity index (χ0v) is 31.4. The second-order valence-corrected chi connectivity index (χ2v) is 18.9. The van der Waals surface area contributed by atoms with Gasteiger partial charge < -0.3 is 9.97 Å². The van der Waals surface area contributed by atoms with Crippen LogP contribution < -0.4 is 5.19 Å². The van der Waals surface area contributed by atoms with Gasteiger partial charge in [0.25, 0.3) is 0 Å². The third-order valence-electron chi connectivity index (χ3n) is 8.09. The number of aromatic nitrogens is 2. The minimum absolute atomic E-state index is 0. The molecule has 0 fully saturated rings. The summed E-state index contributed by atoms with van der Waals surface area (Å²) in [5.41, 5.74) is 9.41. The second kappa shape index (κ2) is 14.4. The normalized spacial score (nSPS) is 11.3. The Hall–Kier alpha value is -3.73. The first-order chi connectivity index (χ1) is 21.7. The Morgan fingerprint density at radius 3 is 2.15 bits per heavy atom. The summed E-state index contributed by atoms with van der Waals surface area (Å²) < 4.78 is 2.55. The van der Waals surface area contributed by atoms with Crippen LogP contribution in [0.4, 0.5) is 0 Å². The number of hydrogen-bond donors (Lipinski definition) is 0. The third-order valence-corrected chi connectivity index (χ3v) is 11.3. The summed E-state index contributed by atoms with van der Waals surface area (Å²) in [7, 11) is -1.34. The van der Waals surface area contributed by atoms with E-state index < -0.39 is 8.07 Å². The molecule has 0 saturated heterocycles. The van der Waals surface area contributed by atoms with Crippen LogP contribution in [0.15, 0.2) is 116 Å². The third kappa shape index (κ3) is 7.29. The Morgan fingerprint density at radius 1 is 0.717 bits per heavy atom. The quantitative estimate of drug-likeness (QED) is 0.128. The molecule has 0 N–H and O–H groups in total. The molecule has 4 aromatic carbocycles. The SMILES string of the molecule is CC(C)c1cc(-c2[c-]cccc2)ncc1[Si](C)(C)C.Cc1ccc(-c2ccc3c(c2)sc2c(-c4ccccn4)[c-]ccc23)cc1.[Ir]. The Bertz CT molecular complexity index is 2060. The van der Waals surface area contributed by atoms with Crippen LogP contribution in [0.1, 0.15) is 30.9 Å². The topological polar surface area (TPSA) is 25.8 Å². The van der Waals surface area contributed by atoms with Crippen LogP contribution in [0.5, 0.6) is 0 Å². The van der Waals surface area contributed by atoms with E-state index >= 15 is 0 Å². The second-order valence-electron chi connectivity index (χ2n) is 12.8. The summed E-state index contributed by atoms with van der Waals surface area (Å²) in [6.45, 7) is 13.8. The molecule has 0 aliphatic rings. The van der Waals surface area contributed by atoms with E-state index in [4.69, 9.17) is 0 Å². The minimum Gasteiger partial charge on any atom is -0.305 e. The van der Waals surface area contributed by atoms with Gasteiger partial charge in [0.15, 0.2) is 0 Å². The van der Waals surface area contributed by atoms with E-state index in [1.54, 1.807) is 0 Å². The molecule has 0 spiro atoms. The maximum atomic E-state index is 4.66. The summed E-state index contributed by atoms with van der Waals surface area (Å²) in [6, 6.07) is 42.6. The number of thiophene rings is 1. The van der Waals surface area contributed by atoms with E-state index in [2.05, 4.69) is 129 Å².